The van der Waals surface area contributed by atoms with Crippen molar-refractivity contribution in [1.82, 2.24) is 5.32 Å². The zero-order valence-corrected chi connectivity index (χ0v) is 10.8. The van der Waals surface area contributed by atoms with Crippen molar-refractivity contribution in [2.45, 2.75) is 25.7 Å². The van der Waals surface area contributed by atoms with Gasteiger partial charge in [0, 0.05) is 30.2 Å². The smallest absolute Gasteiger partial charge is 0.269 e. The summed E-state index contributed by atoms with van der Waals surface area (Å²) in [6.45, 7) is 0.433. The first kappa shape index (κ1) is 15.6. The Hall–Kier alpha value is -2.44. The van der Waals surface area contributed by atoms with Gasteiger partial charge in [-0.05, 0) is 31.4 Å². The van der Waals surface area contributed by atoms with Crippen LogP contribution in [0.2, 0.25) is 0 Å². The largest absolute Gasteiger partial charge is 0.550 e. The quantitative estimate of drug-likeness (QED) is 0.426. The Morgan fingerprint density at radius 1 is 1.10 bits per heavy atom. The molecule has 7 heteroatoms. The summed E-state index contributed by atoms with van der Waals surface area (Å²) in [5, 5.41) is 23.3. The van der Waals surface area contributed by atoms with E-state index in [1.807, 2.05) is 0 Å². The van der Waals surface area contributed by atoms with Gasteiger partial charge in [0.25, 0.3) is 11.6 Å². The molecule has 0 saturated heterocycles. The highest BCUT2D eigenvalue weighted by Crippen LogP contribution is 2.11. The van der Waals surface area contributed by atoms with Crippen LogP contribution in [-0.2, 0) is 4.79 Å². The van der Waals surface area contributed by atoms with E-state index in [-0.39, 0.29) is 18.0 Å². The molecule has 0 aromatic heterocycles. The normalized spacial score (nSPS) is 10.0. The summed E-state index contributed by atoms with van der Waals surface area (Å²) >= 11 is 0. The Labute approximate surface area is 115 Å². The third-order valence-electron chi connectivity index (χ3n) is 2.68. The number of carboxylic acid groups (broad SMARTS) is 1. The highest BCUT2D eigenvalue weighted by atomic mass is 16.6. The minimum absolute atomic E-state index is 0.0241. The number of carbonyl (C=O) groups excluding carboxylic acids is 2. The van der Waals surface area contributed by atoms with Crippen LogP contribution in [0.5, 0.6) is 0 Å². The van der Waals surface area contributed by atoms with Crippen LogP contribution in [0.1, 0.15) is 36.0 Å². The molecule has 0 aliphatic rings. The molecule has 1 N–H and O–H groups in total. The lowest BCUT2D eigenvalue weighted by Gasteiger charge is -2.05. The molecule has 20 heavy (non-hydrogen) atoms. The SMILES string of the molecule is O=C([O-])CCCCCNC(=O)c1ccc([N+](=O)[O-])cc1. The number of nitro groups is 1. The molecule has 1 rings (SSSR count). The summed E-state index contributed by atoms with van der Waals surface area (Å²) in [6, 6.07) is 5.33. The van der Waals surface area contributed by atoms with E-state index >= 15 is 0 Å². The number of carbonyl (C=O) groups is 2. The molecule has 0 unspecified atom stereocenters. The van der Waals surface area contributed by atoms with Crippen LogP contribution < -0.4 is 10.4 Å². The Bertz CT molecular complexity index is 484. The first-order valence-electron chi connectivity index (χ1n) is 6.23. The van der Waals surface area contributed by atoms with E-state index in [0.717, 1.165) is 0 Å². The number of rotatable bonds is 8. The van der Waals surface area contributed by atoms with Crippen LogP contribution in [-0.4, -0.2) is 23.3 Å². The van der Waals surface area contributed by atoms with Crippen LogP contribution in [0.15, 0.2) is 24.3 Å². The second-order valence-electron chi connectivity index (χ2n) is 4.24. The molecular formula is C13H15N2O5-. The second kappa shape index (κ2) is 7.88. The topological polar surface area (TPSA) is 112 Å². The Morgan fingerprint density at radius 3 is 2.30 bits per heavy atom. The van der Waals surface area contributed by atoms with Gasteiger partial charge in [0.05, 0.1) is 4.92 Å². The first-order valence-corrected chi connectivity index (χ1v) is 6.23. The van der Waals surface area contributed by atoms with E-state index in [1.54, 1.807) is 0 Å². The zero-order chi connectivity index (χ0) is 15.0. The van der Waals surface area contributed by atoms with Crippen molar-refractivity contribution in [2.75, 3.05) is 6.54 Å². The fraction of sp³-hybridized carbons (Fsp3) is 0.385. The average Bonchev–Trinajstić information content (AvgIpc) is 2.42. The van der Waals surface area contributed by atoms with Crippen molar-refractivity contribution in [3.63, 3.8) is 0 Å². The molecular weight excluding hydrogens is 264 g/mol. The molecule has 1 aromatic carbocycles. The molecule has 0 aliphatic heterocycles. The summed E-state index contributed by atoms with van der Waals surface area (Å²) in [4.78, 5) is 31.8. The average molecular weight is 279 g/mol. The number of hydrogen-bond acceptors (Lipinski definition) is 5. The van der Waals surface area contributed by atoms with Crippen LogP contribution in [0, 0.1) is 10.1 Å². The number of nitrogens with one attached hydrogen (secondary N) is 1. The van der Waals surface area contributed by atoms with Gasteiger partial charge in [-0.15, -0.1) is 0 Å². The van der Waals surface area contributed by atoms with Crippen molar-refractivity contribution >= 4 is 17.6 Å². The van der Waals surface area contributed by atoms with Gasteiger partial charge in [0.2, 0.25) is 0 Å². The number of carboxylic acids is 1. The van der Waals surface area contributed by atoms with Crippen LogP contribution in [0.3, 0.4) is 0 Å². The minimum atomic E-state index is -1.07. The molecule has 0 bridgehead atoms. The predicted molar refractivity (Wildman–Crippen MR) is 68.9 cm³/mol. The standard InChI is InChI=1S/C13H16N2O5/c16-12(17)4-2-1-3-9-14-13(18)10-5-7-11(8-6-10)15(19)20/h5-8H,1-4,9H2,(H,14,18)(H,16,17)/p-1. The second-order valence-corrected chi connectivity index (χ2v) is 4.24. The molecule has 0 radical (unpaired) electrons. The number of amides is 1. The maximum Gasteiger partial charge on any atom is 0.269 e. The van der Waals surface area contributed by atoms with Crippen molar-refractivity contribution in [2.24, 2.45) is 0 Å². The molecule has 0 fully saturated rings. The van der Waals surface area contributed by atoms with Crippen molar-refractivity contribution < 1.29 is 19.6 Å². The number of non-ortho nitro benzene ring substituents is 1. The molecule has 0 aliphatic carbocycles. The van der Waals surface area contributed by atoms with Gasteiger partial charge in [-0.2, -0.15) is 0 Å². The summed E-state index contributed by atoms with van der Waals surface area (Å²) in [5.74, 6) is -1.38. The Morgan fingerprint density at radius 2 is 1.75 bits per heavy atom. The highest BCUT2D eigenvalue weighted by molar-refractivity contribution is 5.94. The maximum absolute atomic E-state index is 11.7. The summed E-state index contributed by atoms with van der Waals surface area (Å²) in [5.41, 5.74) is 0.286. The lowest BCUT2D eigenvalue weighted by atomic mass is 10.1. The third-order valence-corrected chi connectivity index (χ3v) is 2.68. The molecule has 1 aromatic rings. The minimum Gasteiger partial charge on any atom is -0.550 e. The molecule has 0 saturated carbocycles. The van der Waals surface area contributed by atoms with Crippen molar-refractivity contribution in [1.29, 1.82) is 0 Å². The first-order chi connectivity index (χ1) is 9.50. The van der Waals surface area contributed by atoms with Gasteiger partial charge in [-0.25, -0.2) is 0 Å². The van der Waals surface area contributed by atoms with E-state index in [4.69, 9.17) is 0 Å². The number of benzene rings is 1. The maximum atomic E-state index is 11.7. The summed E-state index contributed by atoms with van der Waals surface area (Å²) in [6.07, 6.45) is 1.91. The Kier molecular flexibility index (Phi) is 6.15. The van der Waals surface area contributed by atoms with Crippen molar-refractivity contribution in [3.8, 4) is 0 Å². The van der Waals surface area contributed by atoms with Gasteiger partial charge in [-0.1, -0.05) is 6.42 Å². The lowest BCUT2D eigenvalue weighted by Crippen LogP contribution is -2.24. The van der Waals surface area contributed by atoms with Crippen LogP contribution >= 0.6 is 0 Å². The molecule has 0 spiro atoms. The van der Waals surface area contributed by atoms with E-state index in [2.05, 4.69) is 5.32 Å². The summed E-state index contributed by atoms with van der Waals surface area (Å²) in [7, 11) is 0. The highest BCUT2D eigenvalue weighted by Gasteiger charge is 2.08. The molecule has 1 amide bonds. The van der Waals surface area contributed by atoms with E-state index < -0.39 is 10.9 Å². The van der Waals surface area contributed by atoms with Crippen LogP contribution in [0.4, 0.5) is 5.69 Å². The van der Waals surface area contributed by atoms with Gasteiger partial charge in [0.15, 0.2) is 0 Å². The number of nitrogens with zero attached hydrogens (tertiary/aromatic N) is 1. The lowest BCUT2D eigenvalue weighted by molar-refractivity contribution is -0.384. The van der Waals surface area contributed by atoms with Gasteiger partial charge < -0.3 is 15.2 Å². The zero-order valence-electron chi connectivity index (χ0n) is 10.8. The monoisotopic (exact) mass is 279 g/mol. The van der Waals surface area contributed by atoms with E-state index in [0.29, 0.717) is 31.4 Å². The third kappa shape index (κ3) is 5.47. The van der Waals surface area contributed by atoms with Gasteiger partial charge in [0.1, 0.15) is 0 Å². The molecule has 7 nitrogen and oxygen atoms in total. The fourth-order valence-corrected chi connectivity index (χ4v) is 1.61. The molecule has 108 valence electrons. The van der Waals surface area contributed by atoms with Gasteiger partial charge >= 0.3 is 0 Å². The van der Waals surface area contributed by atoms with Crippen LogP contribution in [0.25, 0.3) is 0 Å². The number of nitro benzene ring substituents is 1. The number of hydrogen-bond donors (Lipinski definition) is 1. The van der Waals surface area contributed by atoms with E-state index in [1.165, 1.54) is 24.3 Å². The molecule has 0 atom stereocenters. The van der Waals surface area contributed by atoms with Gasteiger partial charge in [-0.3, -0.25) is 14.9 Å². The fourth-order valence-electron chi connectivity index (χ4n) is 1.61. The van der Waals surface area contributed by atoms with Crippen molar-refractivity contribution in [3.05, 3.63) is 39.9 Å². The summed E-state index contributed by atoms with van der Waals surface area (Å²) < 4.78 is 0. The molecule has 0 heterocycles. The predicted octanol–water partition coefficient (Wildman–Crippen LogP) is 0.635. The van der Waals surface area contributed by atoms with E-state index in [9.17, 15) is 24.8 Å². The number of unbranched alkanes of at least 4 members (excludes halogenated alkanes) is 2. The Balaban J connectivity index is 2.29. The number of aliphatic carboxylic acids is 1.